The Morgan fingerprint density at radius 3 is 2.30 bits per heavy atom. The summed E-state index contributed by atoms with van der Waals surface area (Å²) in [6, 6.07) is 24.0. The van der Waals surface area contributed by atoms with Crippen LogP contribution in [0.4, 0.5) is 5.69 Å². The summed E-state index contributed by atoms with van der Waals surface area (Å²) < 4.78 is 25.3. The van der Waals surface area contributed by atoms with Gasteiger partial charge in [0, 0.05) is 12.6 Å². The van der Waals surface area contributed by atoms with Crippen molar-refractivity contribution in [1.29, 1.82) is 5.26 Å². The predicted molar refractivity (Wildman–Crippen MR) is 128 cm³/mol. The van der Waals surface area contributed by atoms with E-state index in [-0.39, 0.29) is 23.9 Å². The summed E-state index contributed by atoms with van der Waals surface area (Å²) in [6.07, 6.45) is 1.25. The number of aliphatic hydroxyl groups excluding tert-OH is 1. The number of aliphatic hydroxyl groups is 1. The van der Waals surface area contributed by atoms with Gasteiger partial charge in [0.05, 0.1) is 29.7 Å². The molecule has 0 fully saturated rings. The molecule has 2 atom stereocenters. The molecule has 0 saturated carbocycles. The first-order valence-electron chi connectivity index (χ1n) is 10.5. The van der Waals surface area contributed by atoms with Crippen LogP contribution >= 0.6 is 0 Å². The number of nitrogens with zero attached hydrogens (tertiary/aromatic N) is 1. The molecule has 0 amide bonds. The highest BCUT2D eigenvalue weighted by atomic mass is 32.2. The highest BCUT2D eigenvalue weighted by Gasteiger charge is 2.16. The first-order chi connectivity index (χ1) is 15.7. The van der Waals surface area contributed by atoms with E-state index >= 15 is 0 Å². The van der Waals surface area contributed by atoms with E-state index in [1.54, 1.807) is 18.2 Å². The first-order valence-corrected chi connectivity index (χ1v) is 12.4. The molecule has 0 aromatic heterocycles. The number of nitriles is 1. The molecule has 0 spiro atoms. The number of nitrogens with one attached hydrogen (secondary N) is 2. The minimum atomic E-state index is -3.54. The second-order valence-electron chi connectivity index (χ2n) is 7.97. The largest absolute Gasteiger partial charge is 0.506 e. The average Bonchev–Trinajstić information content (AvgIpc) is 2.79. The van der Waals surface area contributed by atoms with Crippen LogP contribution in [0.5, 0.6) is 5.75 Å². The van der Waals surface area contributed by atoms with Gasteiger partial charge >= 0.3 is 0 Å². The second kappa shape index (κ2) is 11.0. The summed E-state index contributed by atoms with van der Waals surface area (Å²) in [5, 5.41) is 33.0. The number of benzene rings is 3. The number of phenols is 1. The Hall–Kier alpha value is -3.38. The van der Waals surface area contributed by atoms with Gasteiger partial charge in [-0.05, 0) is 53.8 Å². The molecule has 0 heterocycles. The zero-order chi connectivity index (χ0) is 23.8. The summed E-state index contributed by atoms with van der Waals surface area (Å²) in [7, 11) is -3.54. The smallest absolute Gasteiger partial charge is 0.229 e. The van der Waals surface area contributed by atoms with Crippen molar-refractivity contribution in [2.75, 3.05) is 17.5 Å². The van der Waals surface area contributed by atoms with Crippen molar-refractivity contribution in [2.24, 2.45) is 0 Å². The zero-order valence-electron chi connectivity index (χ0n) is 18.3. The molecule has 33 heavy (non-hydrogen) atoms. The van der Waals surface area contributed by atoms with Gasteiger partial charge < -0.3 is 15.5 Å². The molecule has 8 heteroatoms. The summed E-state index contributed by atoms with van der Waals surface area (Å²) in [6.45, 7) is 0.299. The summed E-state index contributed by atoms with van der Waals surface area (Å²) in [5.74, 6) is -0.180. The number of rotatable bonds is 10. The Kier molecular flexibility index (Phi) is 8.06. The quantitative estimate of drug-likeness (QED) is 0.341. The van der Waals surface area contributed by atoms with Crippen LogP contribution in [0, 0.1) is 11.3 Å². The maximum atomic E-state index is 11.5. The van der Waals surface area contributed by atoms with Crippen LogP contribution in [0.3, 0.4) is 0 Å². The molecule has 0 radical (unpaired) electrons. The van der Waals surface area contributed by atoms with Crippen molar-refractivity contribution in [3.05, 3.63) is 95.1 Å². The molecule has 0 aliphatic heterocycles. The van der Waals surface area contributed by atoms with E-state index in [9.17, 15) is 18.6 Å². The SMILES string of the molecule is CS(=O)(=O)Nc1cc(C[C@H](O)CN[C@H](Cc2ccccc2)c2ccc(C#N)cc2)ccc1O. The van der Waals surface area contributed by atoms with E-state index in [0.717, 1.165) is 17.4 Å². The second-order valence-corrected chi connectivity index (χ2v) is 9.72. The van der Waals surface area contributed by atoms with Crippen LogP contribution in [0.2, 0.25) is 0 Å². The van der Waals surface area contributed by atoms with Gasteiger partial charge in [0.1, 0.15) is 5.75 Å². The van der Waals surface area contributed by atoms with Crippen LogP contribution in [0.25, 0.3) is 0 Å². The highest BCUT2D eigenvalue weighted by Crippen LogP contribution is 2.26. The van der Waals surface area contributed by atoms with Crippen molar-refractivity contribution in [1.82, 2.24) is 5.32 Å². The zero-order valence-corrected chi connectivity index (χ0v) is 19.1. The normalized spacial score (nSPS) is 13.1. The van der Waals surface area contributed by atoms with Crippen molar-refractivity contribution < 1.29 is 18.6 Å². The third-order valence-electron chi connectivity index (χ3n) is 5.15. The summed E-state index contributed by atoms with van der Waals surface area (Å²) in [5.41, 5.74) is 3.50. The lowest BCUT2D eigenvalue weighted by Crippen LogP contribution is -2.32. The van der Waals surface area contributed by atoms with Gasteiger partial charge in [-0.3, -0.25) is 4.72 Å². The van der Waals surface area contributed by atoms with E-state index in [1.165, 1.54) is 12.1 Å². The fourth-order valence-electron chi connectivity index (χ4n) is 3.56. The first kappa shape index (κ1) is 24.3. The van der Waals surface area contributed by atoms with Crippen LogP contribution in [-0.2, 0) is 22.9 Å². The Labute approximate surface area is 194 Å². The molecule has 3 aromatic rings. The molecule has 7 nitrogen and oxygen atoms in total. The predicted octanol–water partition coefficient (Wildman–Crippen LogP) is 3.11. The number of aromatic hydroxyl groups is 1. The average molecular weight is 466 g/mol. The Balaban J connectivity index is 1.69. The maximum absolute atomic E-state index is 11.5. The van der Waals surface area contributed by atoms with Gasteiger partial charge in [-0.2, -0.15) is 5.26 Å². The van der Waals surface area contributed by atoms with E-state index < -0.39 is 16.1 Å². The van der Waals surface area contributed by atoms with Crippen LogP contribution in [0.1, 0.15) is 28.3 Å². The van der Waals surface area contributed by atoms with Gasteiger partial charge in [0.25, 0.3) is 0 Å². The minimum absolute atomic E-state index is 0.0722. The number of hydrogen-bond donors (Lipinski definition) is 4. The molecule has 0 aliphatic rings. The summed E-state index contributed by atoms with van der Waals surface area (Å²) >= 11 is 0. The van der Waals surface area contributed by atoms with E-state index in [2.05, 4.69) is 16.1 Å². The Morgan fingerprint density at radius 1 is 0.970 bits per heavy atom. The lowest BCUT2D eigenvalue weighted by molar-refractivity contribution is 0.167. The van der Waals surface area contributed by atoms with Gasteiger partial charge in [0.15, 0.2) is 0 Å². The molecule has 4 N–H and O–H groups in total. The lowest BCUT2D eigenvalue weighted by Gasteiger charge is -2.22. The molecule has 3 rings (SSSR count). The van der Waals surface area contributed by atoms with Crippen molar-refractivity contribution >= 4 is 15.7 Å². The number of phenolic OH excluding ortho intramolecular Hbond substituents is 1. The van der Waals surface area contributed by atoms with Gasteiger partial charge in [0.2, 0.25) is 10.0 Å². The maximum Gasteiger partial charge on any atom is 0.229 e. The fourth-order valence-corrected chi connectivity index (χ4v) is 4.12. The standard InChI is InChI=1S/C25H27N3O4S/c1-33(31,32)28-24-15-20(9-12-25(24)30)13-22(29)17-27-23(14-18-5-3-2-4-6-18)21-10-7-19(16-26)8-11-21/h2-12,15,22-23,27-30H,13-14,17H2,1H3/t22-,23+/m0/s1. The Bertz CT molecular complexity index is 1210. The van der Waals surface area contributed by atoms with E-state index in [0.29, 0.717) is 24.1 Å². The molecule has 0 aliphatic carbocycles. The number of hydrogen-bond acceptors (Lipinski definition) is 6. The van der Waals surface area contributed by atoms with Gasteiger partial charge in [-0.15, -0.1) is 0 Å². The fraction of sp³-hybridized carbons (Fsp3) is 0.240. The monoisotopic (exact) mass is 465 g/mol. The summed E-state index contributed by atoms with van der Waals surface area (Å²) in [4.78, 5) is 0. The van der Waals surface area contributed by atoms with Gasteiger partial charge in [-0.25, -0.2) is 8.42 Å². The van der Waals surface area contributed by atoms with Crippen LogP contribution in [-0.4, -0.2) is 37.5 Å². The van der Waals surface area contributed by atoms with Crippen molar-refractivity contribution in [2.45, 2.75) is 25.0 Å². The Morgan fingerprint density at radius 2 is 1.67 bits per heavy atom. The topological polar surface area (TPSA) is 122 Å². The molecule has 3 aromatic carbocycles. The molecule has 0 unspecified atom stereocenters. The third-order valence-corrected chi connectivity index (χ3v) is 5.74. The highest BCUT2D eigenvalue weighted by molar-refractivity contribution is 7.92. The molecule has 0 saturated heterocycles. The number of sulfonamides is 1. The lowest BCUT2D eigenvalue weighted by atomic mass is 9.97. The molecule has 172 valence electrons. The molecular formula is C25H27N3O4S. The minimum Gasteiger partial charge on any atom is -0.506 e. The molecular weight excluding hydrogens is 438 g/mol. The van der Waals surface area contributed by atoms with Crippen LogP contribution < -0.4 is 10.0 Å². The third kappa shape index (κ3) is 7.61. The van der Waals surface area contributed by atoms with Crippen molar-refractivity contribution in [3.63, 3.8) is 0 Å². The van der Waals surface area contributed by atoms with E-state index in [1.807, 2.05) is 42.5 Å². The van der Waals surface area contributed by atoms with Gasteiger partial charge in [-0.1, -0.05) is 48.5 Å². The molecule has 0 bridgehead atoms. The van der Waals surface area contributed by atoms with Crippen molar-refractivity contribution in [3.8, 4) is 11.8 Å². The number of anilines is 1. The van der Waals surface area contributed by atoms with E-state index in [4.69, 9.17) is 5.26 Å². The van der Waals surface area contributed by atoms with Crippen LogP contribution in [0.15, 0.2) is 72.8 Å².